The van der Waals surface area contributed by atoms with Gasteiger partial charge in [0, 0.05) is 22.3 Å². The zero-order valence-corrected chi connectivity index (χ0v) is 34.7. The Labute approximate surface area is 322 Å². The summed E-state index contributed by atoms with van der Waals surface area (Å²) in [5.74, 6) is 0. The van der Waals surface area contributed by atoms with Crippen LogP contribution in [0.1, 0.15) is 230 Å². The van der Waals surface area contributed by atoms with Gasteiger partial charge in [-0.2, -0.15) is 0 Å². The average molecular weight is 709 g/mol. The first-order valence-electron chi connectivity index (χ1n) is 22.8. The van der Waals surface area contributed by atoms with Crippen LogP contribution in [0.15, 0.2) is 59.7 Å². The quantitative estimate of drug-likeness (QED) is 0.0534. The van der Waals surface area contributed by atoms with Gasteiger partial charge in [0.25, 0.3) is 0 Å². The van der Waals surface area contributed by atoms with Crippen LogP contribution in [-0.4, -0.2) is 4.70 Å². The third-order valence-corrected chi connectivity index (χ3v) is 11.5. The molecule has 1 heterocycles. The highest BCUT2D eigenvalue weighted by Crippen LogP contribution is 2.45. The van der Waals surface area contributed by atoms with Crippen LogP contribution in [0.2, 0.25) is 0 Å². The molecule has 0 saturated heterocycles. The highest BCUT2D eigenvalue weighted by Gasteiger charge is 2.35. The van der Waals surface area contributed by atoms with Gasteiger partial charge in [0.05, 0.1) is 0 Å². The fourth-order valence-corrected chi connectivity index (χ4v) is 8.23. The summed E-state index contributed by atoms with van der Waals surface area (Å²) in [7, 11) is 0. The number of nitrogens with zero attached hydrogens (tertiary/aromatic N) is 2. The van der Waals surface area contributed by atoms with Gasteiger partial charge in [0.15, 0.2) is 0 Å². The van der Waals surface area contributed by atoms with Gasteiger partial charge in [-0.05, 0) is 86.8 Å². The smallest absolute Gasteiger partial charge is 0.211 e. The second-order valence-corrected chi connectivity index (χ2v) is 16.1. The SMILES string of the molecule is CCCCCCCCCCCCCCCCCCC1=C(c2cccc(CCCC)c2)[N+](=[N-])C(c2cccc(CCCC)c2)=C1CCCCCCCC. The number of unbranched alkanes of at least 4 members (excludes halogenated alkanes) is 22. The van der Waals surface area contributed by atoms with E-state index in [1.165, 1.54) is 200 Å². The second kappa shape index (κ2) is 28.0. The molecule has 2 aromatic carbocycles. The third-order valence-electron chi connectivity index (χ3n) is 11.5. The van der Waals surface area contributed by atoms with Gasteiger partial charge in [0.1, 0.15) is 0 Å². The molecule has 0 fully saturated rings. The largest absolute Gasteiger partial charge is 0.493 e. The first-order chi connectivity index (χ1) is 25.6. The highest BCUT2D eigenvalue weighted by atomic mass is 15.2. The van der Waals surface area contributed by atoms with E-state index in [-0.39, 0.29) is 0 Å². The van der Waals surface area contributed by atoms with Crippen LogP contribution < -0.4 is 0 Å². The summed E-state index contributed by atoms with van der Waals surface area (Å²) in [5, 5.41) is 0. The lowest BCUT2D eigenvalue weighted by molar-refractivity contribution is -0.345. The number of allylic oxidation sites excluding steroid dienone is 2. The lowest BCUT2D eigenvalue weighted by Crippen LogP contribution is -2.03. The van der Waals surface area contributed by atoms with Gasteiger partial charge in [-0.25, -0.2) is 4.70 Å². The van der Waals surface area contributed by atoms with E-state index in [2.05, 4.69) is 76.2 Å². The topological polar surface area (TPSA) is 25.3 Å². The van der Waals surface area contributed by atoms with Crippen molar-refractivity contribution in [2.75, 3.05) is 0 Å². The zero-order valence-electron chi connectivity index (χ0n) is 34.7. The number of rotatable bonds is 32. The first kappa shape index (κ1) is 43.9. The number of hydrogen-bond donors (Lipinski definition) is 0. The van der Waals surface area contributed by atoms with E-state index in [0.717, 1.165) is 37.1 Å². The molecule has 0 atom stereocenters. The first-order valence-corrected chi connectivity index (χ1v) is 22.8. The fourth-order valence-electron chi connectivity index (χ4n) is 8.23. The monoisotopic (exact) mass is 709 g/mol. The molecule has 1 aliphatic rings. The Kier molecular flexibility index (Phi) is 23.7. The van der Waals surface area contributed by atoms with Crippen molar-refractivity contribution in [1.82, 2.24) is 0 Å². The standard InChI is InChI=1S/C50H80N2/c1-5-9-13-15-17-18-19-20-21-22-23-24-25-26-28-30-40-48-47(39-29-27-16-14-10-6-2)49(45-37-31-35-43(41-45)33-11-7-3)52(51)50(48)46-38-32-36-44(42-46)34-12-8-4/h31-32,35-38,41-42H,5-30,33-34,39-40H2,1-4H3. The summed E-state index contributed by atoms with van der Waals surface area (Å²) < 4.78 is 1.62. The van der Waals surface area contributed by atoms with Crippen molar-refractivity contribution in [1.29, 1.82) is 0 Å². The maximum absolute atomic E-state index is 12.3. The molecular formula is C50H80N2. The van der Waals surface area contributed by atoms with Crippen LogP contribution >= 0.6 is 0 Å². The van der Waals surface area contributed by atoms with Gasteiger partial charge >= 0.3 is 0 Å². The molecule has 0 spiro atoms. The van der Waals surface area contributed by atoms with E-state index in [4.69, 9.17) is 0 Å². The van der Waals surface area contributed by atoms with Crippen molar-refractivity contribution < 1.29 is 4.70 Å². The average Bonchev–Trinajstić information content (AvgIpc) is 3.44. The molecule has 290 valence electrons. The zero-order chi connectivity index (χ0) is 37.1. The lowest BCUT2D eigenvalue weighted by atomic mass is 9.90. The number of aryl methyl sites for hydroxylation is 2. The molecule has 0 radical (unpaired) electrons. The summed E-state index contributed by atoms with van der Waals surface area (Å²) in [4.78, 5) is 0. The molecule has 0 aromatic heterocycles. The van der Waals surface area contributed by atoms with E-state index < -0.39 is 0 Å². The molecule has 52 heavy (non-hydrogen) atoms. The van der Waals surface area contributed by atoms with Gasteiger partial charge in [0.2, 0.25) is 11.4 Å². The van der Waals surface area contributed by atoms with Gasteiger partial charge < -0.3 is 5.53 Å². The molecule has 0 N–H and O–H groups in total. The number of benzene rings is 2. The van der Waals surface area contributed by atoms with Crippen molar-refractivity contribution >= 4 is 11.4 Å². The van der Waals surface area contributed by atoms with Crippen molar-refractivity contribution in [3.8, 4) is 0 Å². The minimum Gasteiger partial charge on any atom is -0.493 e. The molecule has 0 amide bonds. The van der Waals surface area contributed by atoms with Crippen LogP contribution in [0.5, 0.6) is 0 Å². The Hall–Kier alpha value is -2.48. The number of hydrogen-bond acceptors (Lipinski definition) is 0. The van der Waals surface area contributed by atoms with Gasteiger partial charge in [-0.1, -0.05) is 193 Å². The van der Waals surface area contributed by atoms with Gasteiger partial charge in [-0.15, -0.1) is 0 Å². The summed E-state index contributed by atoms with van der Waals surface area (Å²) in [5.41, 5.74) is 22.3. The summed E-state index contributed by atoms with van der Waals surface area (Å²) in [6.07, 6.45) is 39.1. The molecule has 0 unspecified atom stereocenters. The Morgan fingerprint density at radius 3 is 1.00 bits per heavy atom. The van der Waals surface area contributed by atoms with Crippen molar-refractivity contribution in [2.24, 2.45) is 0 Å². The predicted octanol–water partition coefficient (Wildman–Crippen LogP) is 16.9. The Balaban J connectivity index is 1.69. The molecule has 1 aliphatic heterocycles. The molecule has 2 aromatic rings. The molecule has 2 heteroatoms. The lowest BCUT2D eigenvalue weighted by Gasteiger charge is -2.11. The molecule has 3 rings (SSSR count). The van der Waals surface area contributed by atoms with E-state index >= 15 is 0 Å². The van der Waals surface area contributed by atoms with E-state index in [9.17, 15) is 5.53 Å². The molecular weight excluding hydrogens is 629 g/mol. The summed E-state index contributed by atoms with van der Waals surface area (Å²) in [6.45, 7) is 9.15. The van der Waals surface area contributed by atoms with E-state index in [1.54, 1.807) is 4.70 Å². The summed E-state index contributed by atoms with van der Waals surface area (Å²) in [6, 6.07) is 18.2. The molecule has 0 saturated carbocycles. The van der Waals surface area contributed by atoms with Crippen LogP contribution in [0, 0.1) is 0 Å². The fraction of sp³-hybridized carbons (Fsp3) is 0.680. The van der Waals surface area contributed by atoms with Crippen molar-refractivity contribution in [3.05, 3.63) is 87.5 Å². The van der Waals surface area contributed by atoms with Crippen LogP contribution in [-0.2, 0) is 12.8 Å². The minimum absolute atomic E-state index is 1.05. The minimum atomic E-state index is 1.05. The van der Waals surface area contributed by atoms with Crippen molar-refractivity contribution in [3.63, 3.8) is 0 Å². The Morgan fingerprint density at radius 1 is 0.365 bits per heavy atom. The third kappa shape index (κ3) is 16.3. The Morgan fingerprint density at radius 2 is 0.673 bits per heavy atom. The molecule has 0 aliphatic carbocycles. The van der Waals surface area contributed by atoms with Crippen molar-refractivity contribution in [2.45, 2.75) is 220 Å². The van der Waals surface area contributed by atoms with E-state index in [1.807, 2.05) is 0 Å². The maximum Gasteiger partial charge on any atom is 0.211 e. The molecule has 0 bridgehead atoms. The van der Waals surface area contributed by atoms with Crippen LogP contribution in [0.3, 0.4) is 0 Å². The maximum atomic E-state index is 12.3. The van der Waals surface area contributed by atoms with Crippen LogP contribution in [0.25, 0.3) is 16.9 Å². The highest BCUT2D eigenvalue weighted by molar-refractivity contribution is 5.82. The molecule has 2 nitrogen and oxygen atoms in total. The second-order valence-electron chi connectivity index (χ2n) is 16.1. The van der Waals surface area contributed by atoms with Gasteiger partial charge in [-0.3, -0.25) is 0 Å². The summed E-state index contributed by atoms with van der Waals surface area (Å²) >= 11 is 0. The van der Waals surface area contributed by atoms with Crippen LogP contribution in [0.4, 0.5) is 0 Å². The van der Waals surface area contributed by atoms with E-state index in [0.29, 0.717) is 0 Å². The Bertz CT molecular complexity index is 1310. The normalized spacial score (nSPS) is 13.3. The predicted molar refractivity (Wildman–Crippen MR) is 230 cm³/mol.